The van der Waals surface area contributed by atoms with Crippen molar-refractivity contribution < 1.29 is 9.90 Å². The first-order chi connectivity index (χ1) is 9.21. The standard InChI is InChI=1S/C13H16N4O2/c18-12(19)13(5-2-1-3-6-13)16-11-10-4-7-15-17(10)9-8-14-11/h4,7-9H,1-3,5-6H2,(H,14,16)(H,18,19). The van der Waals surface area contributed by atoms with Crippen molar-refractivity contribution >= 4 is 17.3 Å². The number of fused-ring (bicyclic) bond motifs is 1. The summed E-state index contributed by atoms with van der Waals surface area (Å²) in [6.45, 7) is 0. The van der Waals surface area contributed by atoms with Crippen molar-refractivity contribution in [2.24, 2.45) is 0 Å². The summed E-state index contributed by atoms with van der Waals surface area (Å²) in [5.41, 5.74) is -0.0918. The molecule has 0 amide bonds. The van der Waals surface area contributed by atoms with Crippen LogP contribution in [0.25, 0.3) is 5.52 Å². The van der Waals surface area contributed by atoms with Gasteiger partial charge in [0.15, 0.2) is 5.82 Å². The second kappa shape index (κ2) is 4.53. The molecule has 2 heterocycles. The average molecular weight is 260 g/mol. The van der Waals surface area contributed by atoms with Gasteiger partial charge < -0.3 is 10.4 Å². The van der Waals surface area contributed by atoms with Crippen LogP contribution in [0.2, 0.25) is 0 Å². The third kappa shape index (κ3) is 2.03. The maximum Gasteiger partial charge on any atom is 0.329 e. The minimum Gasteiger partial charge on any atom is -0.480 e. The van der Waals surface area contributed by atoms with Crippen LogP contribution in [0.1, 0.15) is 32.1 Å². The third-order valence-corrected chi connectivity index (χ3v) is 3.80. The van der Waals surface area contributed by atoms with Gasteiger partial charge in [0.25, 0.3) is 0 Å². The summed E-state index contributed by atoms with van der Waals surface area (Å²) < 4.78 is 1.69. The first-order valence-electron chi connectivity index (χ1n) is 6.51. The lowest BCUT2D eigenvalue weighted by atomic mass is 9.81. The highest BCUT2D eigenvalue weighted by Crippen LogP contribution is 2.32. The number of aliphatic carboxylic acids is 1. The summed E-state index contributed by atoms with van der Waals surface area (Å²) in [7, 11) is 0. The Balaban J connectivity index is 1.98. The van der Waals surface area contributed by atoms with Gasteiger partial charge in [-0.3, -0.25) is 0 Å². The SMILES string of the molecule is O=C(O)C1(Nc2nccn3nccc23)CCCCC1. The van der Waals surface area contributed by atoms with Crippen molar-refractivity contribution in [1.82, 2.24) is 14.6 Å². The number of aromatic nitrogens is 3. The van der Waals surface area contributed by atoms with Crippen molar-refractivity contribution in [3.8, 4) is 0 Å². The van der Waals surface area contributed by atoms with Crippen LogP contribution in [-0.2, 0) is 4.79 Å². The van der Waals surface area contributed by atoms with Gasteiger partial charge in [-0.1, -0.05) is 19.3 Å². The van der Waals surface area contributed by atoms with Crippen molar-refractivity contribution in [2.75, 3.05) is 5.32 Å². The highest BCUT2D eigenvalue weighted by Gasteiger charge is 2.40. The number of carboxylic acids is 1. The minimum atomic E-state index is -0.892. The summed E-state index contributed by atoms with van der Waals surface area (Å²) >= 11 is 0. The highest BCUT2D eigenvalue weighted by atomic mass is 16.4. The smallest absolute Gasteiger partial charge is 0.329 e. The van der Waals surface area contributed by atoms with E-state index in [1.165, 1.54) is 0 Å². The molecule has 1 saturated carbocycles. The van der Waals surface area contributed by atoms with Crippen molar-refractivity contribution in [3.05, 3.63) is 24.7 Å². The van der Waals surface area contributed by atoms with Crippen molar-refractivity contribution in [3.63, 3.8) is 0 Å². The monoisotopic (exact) mass is 260 g/mol. The van der Waals surface area contributed by atoms with Crippen molar-refractivity contribution in [1.29, 1.82) is 0 Å². The van der Waals surface area contributed by atoms with E-state index in [0.717, 1.165) is 24.8 Å². The molecule has 100 valence electrons. The van der Waals surface area contributed by atoms with Crippen LogP contribution in [0.3, 0.4) is 0 Å². The number of hydrogen-bond donors (Lipinski definition) is 2. The summed E-state index contributed by atoms with van der Waals surface area (Å²) in [5.74, 6) is -0.209. The Kier molecular flexibility index (Phi) is 2.85. The molecule has 1 fully saturated rings. The lowest BCUT2D eigenvalue weighted by Crippen LogP contribution is -2.48. The molecule has 19 heavy (non-hydrogen) atoms. The largest absolute Gasteiger partial charge is 0.480 e. The highest BCUT2D eigenvalue weighted by molar-refractivity contribution is 5.84. The molecule has 6 heteroatoms. The van der Waals surface area contributed by atoms with Crippen molar-refractivity contribution in [2.45, 2.75) is 37.6 Å². The molecule has 0 bridgehead atoms. The average Bonchev–Trinajstić information content (AvgIpc) is 2.89. The van der Waals surface area contributed by atoms with E-state index < -0.39 is 11.5 Å². The van der Waals surface area contributed by atoms with Gasteiger partial charge in [-0.15, -0.1) is 0 Å². The molecular formula is C13H16N4O2. The lowest BCUT2D eigenvalue weighted by molar-refractivity contribution is -0.143. The van der Waals surface area contributed by atoms with E-state index in [9.17, 15) is 9.90 Å². The number of nitrogens with one attached hydrogen (secondary N) is 1. The van der Waals surface area contributed by atoms with Gasteiger partial charge >= 0.3 is 5.97 Å². The quantitative estimate of drug-likeness (QED) is 0.881. The Labute approximate surface area is 110 Å². The molecule has 6 nitrogen and oxygen atoms in total. The second-order valence-corrected chi connectivity index (χ2v) is 5.01. The molecule has 2 aromatic rings. The van der Waals surface area contributed by atoms with E-state index in [-0.39, 0.29) is 0 Å². The molecule has 0 aliphatic heterocycles. The van der Waals surface area contributed by atoms with Gasteiger partial charge in [0.1, 0.15) is 11.1 Å². The van der Waals surface area contributed by atoms with Crippen LogP contribution < -0.4 is 5.32 Å². The molecule has 1 aliphatic rings. The van der Waals surface area contributed by atoms with E-state index in [0.29, 0.717) is 18.7 Å². The minimum absolute atomic E-state index is 0.587. The van der Waals surface area contributed by atoms with E-state index >= 15 is 0 Å². The summed E-state index contributed by atoms with van der Waals surface area (Å²) in [6.07, 6.45) is 9.29. The van der Waals surface area contributed by atoms with Gasteiger partial charge in [0, 0.05) is 12.4 Å². The Bertz CT molecular complexity index is 601. The maximum absolute atomic E-state index is 11.6. The van der Waals surface area contributed by atoms with Gasteiger partial charge in [0.2, 0.25) is 0 Å². The molecule has 0 aromatic carbocycles. The lowest BCUT2D eigenvalue weighted by Gasteiger charge is -2.34. The van der Waals surface area contributed by atoms with Crippen LogP contribution in [-0.4, -0.2) is 31.2 Å². The molecule has 0 saturated heterocycles. The summed E-state index contributed by atoms with van der Waals surface area (Å²) in [5, 5.41) is 16.8. The number of carboxylic acid groups (broad SMARTS) is 1. The van der Waals surface area contributed by atoms with Gasteiger partial charge in [0.05, 0.1) is 6.20 Å². The maximum atomic E-state index is 11.6. The zero-order valence-corrected chi connectivity index (χ0v) is 10.5. The fraction of sp³-hybridized carbons (Fsp3) is 0.462. The van der Waals surface area contributed by atoms with Crippen LogP contribution in [0.15, 0.2) is 24.7 Å². The Morgan fingerprint density at radius 3 is 2.84 bits per heavy atom. The summed E-state index contributed by atoms with van der Waals surface area (Å²) in [6, 6.07) is 1.83. The molecule has 3 rings (SSSR count). The molecule has 1 aliphatic carbocycles. The first-order valence-corrected chi connectivity index (χ1v) is 6.51. The summed E-state index contributed by atoms with van der Waals surface area (Å²) in [4.78, 5) is 15.9. The van der Waals surface area contributed by atoms with Gasteiger partial charge in [-0.25, -0.2) is 14.3 Å². The normalized spacial score (nSPS) is 18.3. The predicted octanol–water partition coefficient (Wildman–Crippen LogP) is 1.93. The molecule has 0 radical (unpaired) electrons. The third-order valence-electron chi connectivity index (χ3n) is 3.80. The Morgan fingerprint density at radius 1 is 1.32 bits per heavy atom. The number of hydrogen-bond acceptors (Lipinski definition) is 4. The van der Waals surface area contributed by atoms with E-state index in [2.05, 4.69) is 15.4 Å². The number of carbonyl (C=O) groups is 1. The molecule has 2 N–H and O–H groups in total. The zero-order chi connectivity index (χ0) is 13.3. The van der Waals surface area contributed by atoms with Gasteiger partial charge in [-0.05, 0) is 18.9 Å². The van der Waals surface area contributed by atoms with E-state index in [1.54, 1.807) is 23.1 Å². The van der Waals surface area contributed by atoms with E-state index in [4.69, 9.17) is 0 Å². The Morgan fingerprint density at radius 2 is 2.11 bits per heavy atom. The number of anilines is 1. The van der Waals surface area contributed by atoms with Gasteiger partial charge in [-0.2, -0.15) is 5.10 Å². The van der Waals surface area contributed by atoms with Crippen LogP contribution in [0.4, 0.5) is 5.82 Å². The zero-order valence-electron chi connectivity index (χ0n) is 10.5. The predicted molar refractivity (Wildman–Crippen MR) is 70.1 cm³/mol. The fourth-order valence-corrected chi connectivity index (χ4v) is 2.73. The molecule has 0 spiro atoms. The molecule has 0 unspecified atom stereocenters. The van der Waals surface area contributed by atoms with E-state index in [1.807, 2.05) is 6.07 Å². The second-order valence-electron chi connectivity index (χ2n) is 5.01. The van der Waals surface area contributed by atoms with Crippen LogP contribution in [0.5, 0.6) is 0 Å². The molecular weight excluding hydrogens is 244 g/mol. The number of nitrogens with zero attached hydrogens (tertiary/aromatic N) is 3. The topological polar surface area (TPSA) is 79.5 Å². The Hall–Kier alpha value is -2.11. The first kappa shape index (κ1) is 12.0. The number of rotatable bonds is 3. The molecule has 0 atom stereocenters. The van der Waals surface area contributed by atoms with Crippen LogP contribution >= 0.6 is 0 Å². The fourth-order valence-electron chi connectivity index (χ4n) is 2.73. The molecule has 2 aromatic heterocycles. The van der Waals surface area contributed by atoms with Crippen LogP contribution in [0, 0.1) is 0 Å².